The lowest BCUT2D eigenvalue weighted by atomic mass is 9.84. The molecule has 1 aromatic carbocycles. The molecule has 0 amide bonds. The minimum atomic E-state index is 0.124. The zero-order valence-electron chi connectivity index (χ0n) is 14.6. The summed E-state index contributed by atoms with van der Waals surface area (Å²) in [6.07, 6.45) is 1.10. The van der Waals surface area contributed by atoms with Crippen molar-refractivity contribution in [2.24, 2.45) is 22.1 Å². The summed E-state index contributed by atoms with van der Waals surface area (Å²) >= 11 is 0. The molecule has 0 saturated heterocycles. The van der Waals surface area contributed by atoms with Gasteiger partial charge in [-0.25, -0.2) is 0 Å². The molecule has 0 aliphatic heterocycles. The molecule has 0 aliphatic rings. The monoisotopic (exact) mass is 307 g/mol. The third kappa shape index (κ3) is 5.84. The fourth-order valence-corrected chi connectivity index (χ4v) is 2.56. The average molecular weight is 307 g/mol. The van der Waals surface area contributed by atoms with Gasteiger partial charge in [-0.3, -0.25) is 4.99 Å². The number of rotatable bonds is 7. The Kier molecular flexibility index (Phi) is 6.53. The van der Waals surface area contributed by atoms with Gasteiger partial charge in [0.15, 0.2) is 5.96 Å². The van der Waals surface area contributed by atoms with Crippen molar-refractivity contribution < 1.29 is 9.47 Å². The Morgan fingerprint density at radius 2 is 1.95 bits per heavy atom. The molecule has 3 N–H and O–H groups in total. The van der Waals surface area contributed by atoms with Crippen LogP contribution in [0.5, 0.6) is 11.5 Å². The summed E-state index contributed by atoms with van der Waals surface area (Å²) in [6, 6.07) is 5.50. The Balaban J connectivity index is 2.79. The summed E-state index contributed by atoms with van der Waals surface area (Å²) in [4.78, 5) is 4.46. The molecule has 0 spiro atoms. The zero-order chi connectivity index (χ0) is 16.8. The van der Waals surface area contributed by atoms with E-state index in [1.54, 1.807) is 14.2 Å². The Morgan fingerprint density at radius 1 is 1.27 bits per heavy atom. The quantitative estimate of drug-likeness (QED) is 0.597. The lowest BCUT2D eigenvalue weighted by Gasteiger charge is -2.24. The Bertz CT molecular complexity index is 511. The van der Waals surface area contributed by atoms with E-state index in [9.17, 15) is 0 Å². The lowest BCUT2D eigenvalue weighted by molar-refractivity contribution is 0.298. The molecule has 5 nitrogen and oxygen atoms in total. The predicted octanol–water partition coefficient (Wildman–Crippen LogP) is 3.50. The summed E-state index contributed by atoms with van der Waals surface area (Å²) in [6.45, 7) is 9.52. The van der Waals surface area contributed by atoms with Crippen LogP contribution >= 0.6 is 0 Å². The first-order valence-corrected chi connectivity index (χ1v) is 7.56. The molecule has 124 valence electrons. The number of guanidine groups is 1. The number of nitrogens with zero attached hydrogens (tertiary/aromatic N) is 1. The van der Waals surface area contributed by atoms with Crippen LogP contribution in [0.15, 0.2) is 23.2 Å². The molecule has 1 rings (SSSR count). The number of aliphatic imine (C=N–C) groups is 1. The normalized spacial score (nSPS) is 12.4. The highest BCUT2D eigenvalue weighted by Crippen LogP contribution is 2.29. The Morgan fingerprint density at radius 3 is 2.50 bits per heavy atom. The number of ether oxygens (including phenoxy) is 2. The van der Waals surface area contributed by atoms with Crippen LogP contribution in [0, 0.1) is 11.3 Å². The van der Waals surface area contributed by atoms with Crippen LogP contribution in [-0.2, 0) is 0 Å². The van der Waals surface area contributed by atoms with Gasteiger partial charge in [-0.15, -0.1) is 0 Å². The van der Waals surface area contributed by atoms with E-state index >= 15 is 0 Å². The molecule has 0 unspecified atom stereocenters. The second kappa shape index (κ2) is 7.92. The van der Waals surface area contributed by atoms with E-state index in [4.69, 9.17) is 15.2 Å². The SMILES string of the molecule is COc1ccc(OC)c(NC(N)=NCC(C)(C)CC(C)C)c1. The molecule has 0 saturated carbocycles. The van der Waals surface area contributed by atoms with E-state index in [1.807, 2.05) is 18.2 Å². The topological polar surface area (TPSA) is 68.9 Å². The van der Waals surface area contributed by atoms with E-state index in [0.29, 0.717) is 24.2 Å². The first kappa shape index (κ1) is 18.1. The van der Waals surface area contributed by atoms with Crippen LogP contribution in [0.25, 0.3) is 0 Å². The van der Waals surface area contributed by atoms with E-state index in [-0.39, 0.29) is 5.41 Å². The van der Waals surface area contributed by atoms with Gasteiger partial charge in [0.05, 0.1) is 19.9 Å². The van der Waals surface area contributed by atoms with Crippen molar-refractivity contribution >= 4 is 11.6 Å². The number of anilines is 1. The first-order chi connectivity index (χ1) is 10.3. The predicted molar refractivity (Wildman–Crippen MR) is 92.9 cm³/mol. The second-order valence-corrected chi connectivity index (χ2v) is 6.65. The summed E-state index contributed by atoms with van der Waals surface area (Å²) in [5.41, 5.74) is 6.87. The number of methoxy groups -OCH3 is 2. The third-order valence-corrected chi connectivity index (χ3v) is 3.31. The highest BCUT2D eigenvalue weighted by molar-refractivity contribution is 5.94. The summed E-state index contributed by atoms with van der Waals surface area (Å²) in [7, 11) is 3.24. The third-order valence-electron chi connectivity index (χ3n) is 3.31. The summed E-state index contributed by atoms with van der Waals surface area (Å²) in [5, 5.41) is 3.08. The largest absolute Gasteiger partial charge is 0.497 e. The molecular formula is C17H29N3O2. The smallest absolute Gasteiger partial charge is 0.193 e. The molecule has 0 aliphatic carbocycles. The van der Waals surface area contributed by atoms with Crippen molar-refractivity contribution in [1.29, 1.82) is 0 Å². The van der Waals surface area contributed by atoms with Crippen LogP contribution < -0.4 is 20.5 Å². The standard InChI is InChI=1S/C17H29N3O2/c1-12(2)10-17(3,4)11-19-16(18)20-14-9-13(21-5)7-8-15(14)22-6/h7-9,12H,10-11H2,1-6H3,(H3,18,19,20). The molecule has 0 aromatic heterocycles. The lowest BCUT2D eigenvalue weighted by Crippen LogP contribution is -2.26. The minimum Gasteiger partial charge on any atom is -0.497 e. The highest BCUT2D eigenvalue weighted by Gasteiger charge is 2.19. The van der Waals surface area contributed by atoms with Crippen molar-refractivity contribution in [1.82, 2.24) is 0 Å². The van der Waals surface area contributed by atoms with Crippen LogP contribution in [0.2, 0.25) is 0 Å². The first-order valence-electron chi connectivity index (χ1n) is 7.56. The molecule has 0 radical (unpaired) electrons. The number of benzene rings is 1. The molecule has 0 bridgehead atoms. The fourth-order valence-electron chi connectivity index (χ4n) is 2.56. The van der Waals surface area contributed by atoms with Crippen LogP contribution in [-0.4, -0.2) is 26.7 Å². The van der Waals surface area contributed by atoms with Crippen LogP contribution in [0.4, 0.5) is 5.69 Å². The van der Waals surface area contributed by atoms with Crippen molar-refractivity contribution in [2.75, 3.05) is 26.1 Å². The van der Waals surface area contributed by atoms with E-state index in [0.717, 1.165) is 17.9 Å². The van der Waals surface area contributed by atoms with Gasteiger partial charge in [0.1, 0.15) is 11.5 Å². The Hall–Kier alpha value is -1.91. The van der Waals surface area contributed by atoms with Crippen molar-refractivity contribution in [2.45, 2.75) is 34.1 Å². The molecule has 1 aromatic rings. The van der Waals surface area contributed by atoms with Gasteiger partial charge in [-0.05, 0) is 29.9 Å². The molecule has 22 heavy (non-hydrogen) atoms. The van der Waals surface area contributed by atoms with Crippen LogP contribution in [0.3, 0.4) is 0 Å². The highest BCUT2D eigenvalue weighted by atomic mass is 16.5. The van der Waals surface area contributed by atoms with Crippen molar-refractivity contribution in [3.8, 4) is 11.5 Å². The number of hydrogen-bond acceptors (Lipinski definition) is 3. The van der Waals surface area contributed by atoms with E-state index in [2.05, 4.69) is 38.0 Å². The summed E-state index contributed by atoms with van der Waals surface area (Å²) in [5.74, 6) is 2.44. The Labute approximate surface area is 133 Å². The molecule has 5 heteroatoms. The molecule has 0 fully saturated rings. The van der Waals surface area contributed by atoms with Gasteiger partial charge in [-0.2, -0.15) is 0 Å². The van der Waals surface area contributed by atoms with Gasteiger partial charge in [-0.1, -0.05) is 27.7 Å². The maximum Gasteiger partial charge on any atom is 0.193 e. The number of nitrogens with two attached hydrogens (primary N) is 1. The number of hydrogen-bond donors (Lipinski definition) is 2. The van der Waals surface area contributed by atoms with Crippen molar-refractivity contribution in [3.63, 3.8) is 0 Å². The van der Waals surface area contributed by atoms with E-state index < -0.39 is 0 Å². The number of nitrogens with one attached hydrogen (secondary N) is 1. The average Bonchev–Trinajstić information content (AvgIpc) is 2.44. The van der Waals surface area contributed by atoms with Crippen LogP contribution in [0.1, 0.15) is 34.1 Å². The van der Waals surface area contributed by atoms with E-state index in [1.165, 1.54) is 0 Å². The molecular weight excluding hydrogens is 278 g/mol. The fraction of sp³-hybridized carbons (Fsp3) is 0.588. The van der Waals surface area contributed by atoms with Gasteiger partial charge in [0.25, 0.3) is 0 Å². The second-order valence-electron chi connectivity index (χ2n) is 6.65. The van der Waals surface area contributed by atoms with Gasteiger partial charge in [0.2, 0.25) is 0 Å². The zero-order valence-corrected chi connectivity index (χ0v) is 14.6. The van der Waals surface area contributed by atoms with Gasteiger partial charge < -0.3 is 20.5 Å². The summed E-state index contributed by atoms with van der Waals surface area (Å²) < 4.78 is 10.5. The van der Waals surface area contributed by atoms with Crippen molar-refractivity contribution in [3.05, 3.63) is 18.2 Å². The maximum atomic E-state index is 6.00. The maximum absolute atomic E-state index is 6.00. The molecule has 0 heterocycles. The van der Waals surface area contributed by atoms with Gasteiger partial charge >= 0.3 is 0 Å². The van der Waals surface area contributed by atoms with Gasteiger partial charge in [0, 0.05) is 12.6 Å². The molecule has 0 atom stereocenters. The minimum absolute atomic E-state index is 0.124.